The highest BCUT2D eigenvalue weighted by atomic mass is 15.1. The van der Waals surface area contributed by atoms with Crippen molar-refractivity contribution in [1.29, 1.82) is 0 Å². The lowest BCUT2D eigenvalue weighted by Gasteiger charge is -2.09. The molecule has 2 heterocycles. The molecule has 2 aromatic heterocycles. The van der Waals surface area contributed by atoms with Crippen molar-refractivity contribution in [2.75, 3.05) is 6.54 Å². The fraction of sp³-hybridized carbons (Fsp3) is 0.294. The number of hydrogen-bond acceptors (Lipinski definition) is 3. The third-order valence-electron chi connectivity index (χ3n) is 3.93. The monoisotopic (exact) mass is 280 g/mol. The van der Waals surface area contributed by atoms with E-state index in [1.165, 1.54) is 16.7 Å². The van der Waals surface area contributed by atoms with Crippen LogP contribution in [0.25, 0.3) is 16.9 Å². The molecule has 108 valence electrons. The van der Waals surface area contributed by atoms with Crippen molar-refractivity contribution in [3.05, 3.63) is 53.0 Å². The normalized spacial score (nSPS) is 11.2. The molecule has 0 aliphatic heterocycles. The van der Waals surface area contributed by atoms with E-state index in [0.717, 1.165) is 28.8 Å². The van der Waals surface area contributed by atoms with Gasteiger partial charge in [0.25, 0.3) is 0 Å². The number of fused-ring (bicyclic) bond motifs is 1. The van der Waals surface area contributed by atoms with Gasteiger partial charge in [-0.15, -0.1) is 0 Å². The molecule has 0 amide bonds. The van der Waals surface area contributed by atoms with Crippen molar-refractivity contribution in [2.45, 2.75) is 27.2 Å². The van der Waals surface area contributed by atoms with E-state index in [2.05, 4.69) is 53.5 Å². The Kier molecular flexibility index (Phi) is 3.47. The van der Waals surface area contributed by atoms with Crippen molar-refractivity contribution in [3.8, 4) is 5.82 Å². The topological polar surface area (TPSA) is 56.7 Å². The predicted octanol–water partition coefficient (Wildman–Crippen LogP) is 2.85. The number of benzene rings is 1. The largest absolute Gasteiger partial charge is 0.330 e. The Hall–Kier alpha value is -2.20. The van der Waals surface area contributed by atoms with Gasteiger partial charge >= 0.3 is 0 Å². The summed E-state index contributed by atoms with van der Waals surface area (Å²) in [6, 6.07) is 6.45. The van der Waals surface area contributed by atoms with Crippen LogP contribution in [0.15, 0.2) is 30.7 Å². The van der Waals surface area contributed by atoms with Gasteiger partial charge in [0, 0.05) is 6.20 Å². The molecule has 4 heteroatoms. The standard InChI is InChI=1S/C17H20N4/c1-11-7-15-16(8-12(11)2)21(10-20-15)17-13(3)6-14(4-5-18)9-19-17/h6-10H,4-5,18H2,1-3H3. The van der Waals surface area contributed by atoms with Crippen molar-refractivity contribution in [1.82, 2.24) is 14.5 Å². The van der Waals surface area contributed by atoms with Crippen LogP contribution in [0.1, 0.15) is 22.3 Å². The van der Waals surface area contributed by atoms with Crippen molar-refractivity contribution in [3.63, 3.8) is 0 Å². The molecule has 0 saturated heterocycles. The van der Waals surface area contributed by atoms with Crippen LogP contribution in [-0.2, 0) is 6.42 Å². The Morgan fingerprint density at radius 1 is 1.00 bits per heavy atom. The van der Waals surface area contributed by atoms with Crippen LogP contribution in [-0.4, -0.2) is 21.1 Å². The van der Waals surface area contributed by atoms with E-state index < -0.39 is 0 Å². The molecule has 4 nitrogen and oxygen atoms in total. The molecule has 0 aliphatic rings. The highest BCUT2D eigenvalue weighted by Crippen LogP contribution is 2.22. The molecule has 0 radical (unpaired) electrons. The van der Waals surface area contributed by atoms with Crippen LogP contribution >= 0.6 is 0 Å². The molecule has 0 bridgehead atoms. The van der Waals surface area contributed by atoms with E-state index in [0.29, 0.717) is 6.54 Å². The summed E-state index contributed by atoms with van der Waals surface area (Å²) in [5, 5.41) is 0. The molecule has 0 unspecified atom stereocenters. The Morgan fingerprint density at radius 3 is 2.48 bits per heavy atom. The molecule has 1 aromatic carbocycles. The van der Waals surface area contributed by atoms with Gasteiger partial charge in [0.05, 0.1) is 11.0 Å². The van der Waals surface area contributed by atoms with E-state index in [1.54, 1.807) is 0 Å². The molecule has 3 aromatic rings. The Labute approximate surface area is 124 Å². The van der Waals surface area contributed by atoms with Crippen LogP contribution in [0.3, 0.4) is 0 Å². The third kappa shape index (κ3) is 2.43. The summed E-state index contributed by atoms with van der Waals surface area (Å²) in [4.78, 5) is 9.11. The summed E-state index contributed by atoms with van der Waals surface area (Å²) in [6.07, 6.45) is 4.61. The summed E-state index contributed by atoms with van der Waals surface area (Å²) in [5.74, 6) is 0.932. The number of nitrogens with zero attached hydrogens (tertiary/aromatic N) is 3. The summed E-state index contributed by atoms with van der Waals surface area (Å²) >= 11 is 0. The molecule has 0 saturated carbocycles. The molecule has 0 atom stereocenters. The van der Waals surface area contributed by atoms with Gasteiger partial charge in [-0.1, -0.05) is 6.07 Å². The summed E-state index contributed by atoms with van der Waals surface area (Å²) < 4.78 is 2.06. The highest BCUT2D eigenvalue weighted by Gasteiger charge is 2.10. The lowest BCUT2D eigenvalue weighted by atomic mass is 10.1. The minimum Gasteiger partial charge on any atom is -0.330 e. The van der Waals surface area contributed by atoms with Gasteiger partial charge in [-0.05, 0) is 68.1 Å². The smallest absolute Gasteiger partial charge is 0.141 e. The zero-order valence-corrected chi connectivity index (χ0v) is 12.7. The Bertz CT molecular complexity index is 802. The van der Waals surface area contributed by atoms with Crippen LogP contribution in [0, 0.1) is 20.8 Å². The average molecular weight is 280 g/mol. The average Bonchev–Trinajstić information content (AvgIpc) is 2.83. The molecular formula is C17H20N4. The zero-order chi connectivity index (χ0) is 15.0. The number of rotatable bonds is 3. The maximum atomic E-state index is 5.61. The van der Waals surface area contributed by atoms with Gasteiger partial charge in [-0.3, -0.25) is 4.57 Å². The second-order valence-electron chi connectivity index (χ2n) is 5.56. The molecule has 21 heavy (non-hydrogen) atoms. The Morgan fingerprint density at radius 2 is 1.76 bits per heavy atom. The Balaban J connectivity index is 2.14. The fourth-order valence-electron chi connectivity index (χ4n) is 2.61. The van der Waals surface area contributed by atoms with E-state index >= 15 is 0 Å². The van der Waals surface area contributed by atoms with Gasteiger partial charge < -0.3 is 5.73 Å². The van der Waals surface area contributed by atoms with E-state index in [4.69, 9.17) is 5.73 Å². The quantitative estimate of drug-likeness (QED) is 0.802. The van der Waals surface area contributed by atoms with Crippen LogP contribution < -0.4 is 5.73 Å². The van der Waals surface area contributed by atoms with Gasteiger partial charge in [0.2, 0.25) is 0 Å². The fourth-order valence-corrected chi connectivity index (χ4v) is 2.61. The van der Waals surface area contributed by atoms with Gasteiger partial charge in [-0.25, -0.2) is 9.97 Å². The first kappa shape index (κ1) is 13.8. The van der Waals surface area contributed by atoms with E-state index in [9.17, 15) is 0 Å². The number of imidazole rings is 1. The van der Waals surface area contributed by atoms with E-state index in [1.807, 2.05) is 12.5 Å². The van der Waals surface area contributed by atoms with Crippen LogP contribution in [0.4, 0.5) is 0 Å². The second-order valence-corrected chi connectivity index (χ2v) is 5.56. The molecule has 2 N–H and O–H groups in total. The third-order valence-corrected chi connectivity index (χ3v) is 3.93. The van der Waals surface area contributed by atoms with Crippen LogP contribution in [0.5, 0.6) is 0 Å². The van der Waals surface area contributed by atoms with Crippen molar-refractivity contribution < 1.29 is 0 Å². The minimum absolute atomic E-state index is 0.646. The highest BCUT2D eigenvalue weighted by molar-refractivity contribution is 5.79. The summed E-state index contributed by atoms with van der Waals surface area (Å²) in [5.41, 5.74) is 12.5. The first-order chi connectivity index (χ1) is 10.1. The number of aryl methyl sites for hydroxylation is 3. The number of aromatic nitrogens is 3. The number of hydrogen-bond donors (Lipinski definition) is 1. The van der Waals surface area contributed by atoms with Crippen molar-refractivity contribution >= 4 is 11.0 Å². The molecule has 0 fully saturated rings. The maximum Gasteiger partial charge on any atom is 0.141 e. The lowest BCUT2D eigenvalue weighted by molar-refractivity contribution is 0.934. The van der Waals surface area contributed by atoms with Crippen molar-refractivity contribution in [2.24, 2.45) is 5.73 Å². The second kappa shape index (κ2) is 5.30. The molecule has 0 aliphatic carbocycles. The lowest BCUT2D eigenvalue weighted by Crippen LogP contribution is -2.05. The summed E-state index contributed by atoms with van der Waals surface area (Å²) in [6.45, 7) is 6.96. The summed E-state index contributed by atoms with van der Waals surface area (Å²) in [7, 11) is 0. The minimum atomic E-state index is 0.646. The van der Waals surface area contributed by atoms with Gasteiger partial charge in [0.1, 0.15) is 12.1 Å². The van der Waals surface area contributed by atoms with Gasteiger partial charge in [-0.2, -0.15) is 0 Å². The number of nitrogens with two attached hydrogens (primary N) is 1. The van der Waals surface area contributed by atoms with E-state index in [-0.39, 0.29) is 0 Å². The molecule has 3 rings (SSSR count). The first-order valence-electron chi connectivity index (χ1n) is 7.20. The maximum absolute atomic E-state index is 5.61. The SMILES string of the molecule is Cc1cc2ncn(-c3ncc(CCN)cc3C)c2cc1C. The van der Waals surface area contributed by atoms with Crippen LogP contribution in [0.2, 0.25) is 0 Å². The first-order valence-corrected chi connectivity index (χ1v) is 7.20. The van der Waals surface area contributed by atoms with Gasteiger partial charge in [0.15, 0.2) is 0 Å². The zero-order valence-electron chi connectivity index (χ0n) is 12.7. The molecule has 0 spiro atoms. The predicted molar refractivity (Wildman–Crippen MR) is 85.8 cm³/mol. The molecular weight excluding hydrogens is 260 g/mol. The number of pyridine rings is 1.